The Hall–Kier alpha value is -3.42. The zero-order valence-corrected chi connectivity index (χ0v) is 19.0. The maximum atomic E-state index is 2.51. The molecule has 0 fully saturated rings. The molecule has 0 saturated heterocycles. The minimum absolute atomic E-state index is 0.992. The Morgan fingerprint density at radius 3 is 1.71 bits per heavy atom. The number of benzene rings is 4. The third kappa shape index (κ3) is 3.97. The van der Waals surface area contributed by atoms with Crippen LogP contribution in [0.4, 0.5) is 0 Å². The molecule has 150 valence electrons. The van der Waals surface area contributed by atoms with Gasteiger partial charge in [0.05, 0.1) is 0 Å². The Bertz CT molecular complexity index is 1200. The summed E-state index contributed by atoms with van der Waals surface area (Å²) >= 11 is 0. The highest BCUT2D eigenvalue weighted by Crippen LogP contribution is 2.41. The van der Waals surface area contributed by atoms with Crippen molar-refractivity contribution in [3.05, 3.63) is 143 Å². The molecular formula is C30H26Si. The average Bonchev–Trinajstić information content (AvgIpc) is 3.26. The molecule has 1 aliphatic carbocycles. The molecule has 0 saturated carbocycles. The molecule has 4 aromatic rings. The number of hydrogen-bond acceptors (Lipinski definition) is 0. The van der Waals surface area contributed by atoms with Crippen LogP contribution in [0.2, 0.25) is 0 Å². The van der Waals surface area contributed by atoms with Crippen molar-refractivity contribution in [2.45, 2.75) is 13.3 Å². The van der Waals surface area contributed by atoms with Gasteiger partial charge >= 0.3 is 0 Å². The second-order valence-electron chi connectivity index (χ2n) is 8.21. The molecule has 0 amide bonds. The summed E-state index contributed by atoms with van der Waals surface area (Å²) < 4.78 is 0. The van der Waals surface area contributed by atoms with Crippen molar-refractivity contribution in [1.82, 2.24) is 0 Å². The monoisotopic (exact) mass is 414 g/mol. The van der Waals surface area contributed by atoms with E-state index in [9.17, 15) is 0 Å². The first-order valence-electron chi connectivity index (χ1n) is 11.0. The van der Waals surface area contributed by atoms with Crippen LogP contribution in [-0.4, -0.2) is 8.80 Å². The van der Waals surface area contributed by atoms with Crippen molar-refractivity contribution >= 4 is 30.3 Å². The second kappa shape index (κ2) is 8.75. The molecule has 0 heterocycles. The summed E-state index contributed by atoms with van der Waals surface area (Å²) in [6, 6.07) is 42.2. The summed E-state index contributed by atoms with van der Waals surface area (Å²) in [4.78, 5) is 0. The van der Waals surface area contributed by atoms with Gasteiger partial charge in [-0.2, -0.15) is 0 Å². The molecule has 0 unspecified atom stereocenters. The van der Waals surface area contributed by atoms with Gasteiger partial charge in [-0.15, -0.1) is 0 Å². The van der Waals surface area contributed by atoms with E-state index in [1.807, 2.05) is 0 Å². The van der Waals surface area contributed by atoms with Crippen LogP contribution in [0.1, 0.15) is 23.1 Å². The van der Waals surface area contributed by atoms with E-state index in [4.69, 9.17) is 0 Å². The minimum Gasteiger partial charge on any atom is -0.0797 e. The third-order valence-corrected chi connectivity index (χ3v) is 9.37. The smallest absolute Gasteiger partial charge is 0.0797 e. The number of allylic oxidation sites excluding steroid dienone is 4. The van der Waals surface area contributed by atoms with E-state index in [0.717, 1.165) is 6.42 Å². The summed E-state index contributed by atoms with van der Waals surface area (Å²) in [6.45, 7) is 2.18. The number of hydrogen-bond donors (Lipinski definition) is 0. The molecule has 0 spiro atoms. The Kier molecular flexibility index (Phi) is 5.51. The summed E-state index contributed by atoms with van der Waals surface area (Å²) in [7, 11) is -1.60. The van der Waals surface area contributed by atoms with E-state index in [0.29, 0.717) is 0 Å². The van der Waals surface area contributed by atoms with Gasteiger partial charge in [0.1, 0.15) is 8.80 Å². The Balaban J connectivity index is 1.73. The van der Waals surface area contributed by atoms with Gasteiger partial charge in [-0.1, -0.05) is 137 Å². The highest BCUT2D eigenvalue weighted by atomic mass is 28.3. The van der Waals surface area contributed by atoms with Crippen molar-refractivity contribution < 1.29 is 0 Å². The maximum Gasteiger partial charge on any atom is 0.133 e. The molecule has 0 atom stereocenters. The van der Waals surface area contributed by atoms with Crippen LogP contribution < -0.4 is 10.4 Å². The number of aryl methyl sites for hydroxylation is 1. The normalized spacial score (nSPS) is 13.5. The zero-order valence-electron chi connectivity index (χ0n) is 17.8. The fourth-order valence-electron chi connectivity index (χ4n) is 4.74. The molecule has 4 aromatic carbocycles. The van der Waals surface area contributed by atoms with Crippen molar-refractivity contribution in [3.8, 4) is 0 Å². The standard InChI is InChI=1S/C30H26Si/c1-23-12-11-15-25(22-23)28-20-21-29(30(28)24-13-5-2-6-14-24)31(26-16-7-3-8-17-26)27-18-9-4-10-19-27/h2-19,21-22,31H,20H2,1H3. The molecule has 0 aromatic heterocycles. The fraction of sp³-hybridized carbons (Fsp3) is 0.0667. The minimum atomic E-state index is -1.60. The highest BCUT2D eigenvalue weighted by Gasteiger charge is 2.29. The van der Waals surface area contributed by atoms with Gasteiger partial charge in [-0.3, -0.25) is 0 Å². The van der Waals surface area contributed by atoms with E-state index in [2.05, 4.69) is 128 Å². The first kappa shape index (κ1) is 19.5. The van der Waals surface area contributed by atoms with Crippen LogP contribution in [0, 0.1) is 6.92 Å². The zero-order chi connectivity index (χ0) is 21.0. The SMILES string of the molecule is Cc1cccc(C2=C(c3ccccc3)C([SiH](c3ccccc3)c3ccccc3)=CC2)c1. The van der Waals surface area contributed by atoms with Gasteiger partial charge < -0.3 is 0 Å². The summed E-state index contributed by atoms with van der Waals surface area (Å²) in [5, 5.41) is 4.48. The van der Waals surface area contributed by atoms with E-state index < -0.39 is 8.80 Å². The Labute approximate surface area is 186 Å². The van der Waals surface area contributed by atoms with Crippen molar-refractivity contribution in [1.29, 1.82) is 0 Å². The fourth-order valence-corrected chi connectivity index (χ4v) is 8.04. The van der Waals surface area contributed by atoms with Gasteiger partial charge in [0.25, 0.3) is 0 Å². The van der Waals surface area contributed by atoms with Crippen LogP contribution in [0.5, 0.6) is 0 Å². The van der Waals surface area contributed by atoms with E-state index in [1.165, 1.54) is 38.2 Å². The van der Waals surface area contributed by atoms with Gasteiger partial charge in [0.2, 0.25) is 0 Å². The van der Waals surface area contributed by atoms with E-state index >= 15 is 0 Å². The lowest BCUT2D eigenvalue weighted by molar-refractivity contribution is 1.39. The first-order chi connectivity index (χ1) is 15.3. The molecule has 0 radical (unpaired) electrons. The summed E-state index contributed by atoms with van der Waals surface area (Å²) in [5.41, 5.74) is 6.88. The van der Waals surface area contributed by atoms with Gasteiger partial charge in [-0.05, 0) is 40.8 Å². The third-order valence-electron chi connectivity index (χ3n) is 6.12. The van der Waals surface area contributed by atoms with Gasteiger partial charge in [-0.25, -0.2) is 0 Å². The molecule has 5 rings (SSSR count). The van der Waals surface area contributed by atoms with Crippen LogP contribution in [0.15, 0.2) is 127 Å². The van der Waals surface area contributed by atoms with Gasteiger partial charge in [0, 0.05) is 0 Å². The van der Waals surface area contributed by atoms with Crippen molar-refractivity contribution in [2.75, 3.05) is 0 Å². The quantitative estimate of drug-likeness (QED) is 0.361. The molecule has 0 bridgehead atoms. The Morgan fingerprint density at radius 1 is 0.581 bits per heavy atom. The van der Waals surface area contributed by atoms with E-state index in [1.54, 1.807) is 5.20 Å². The molecule has 0 aliphatic heterocycles. The molecule has 0 N–H and O–H groups in total. The lowest BCUT2D eigenvalue weighted by atomic mass is 9.96. The average molecular weight is 415 g/mol. The van der Waals surface area contributed by atoms with Crippen molar-refractivity contribution in [2.24, 2.45) is 0 Å². The summed E-state index contributed by atoms with van der Waals surface area (Å²) in [5.74, 6) is 0. The number of rotatable bonds is 5. The van der Waals surface area contributed by atoms with Crippen LogP contribution >= 0.6 is 0 Å². The molecule has 31 heavy (non-hydrogen) atoms. The lowest BCUT2D eigenvalue weighted by Gasteiger charge is -2.22. The Morgan fingerprint density at radius 2 is 1.13 bits per heavy atom. The molecular weight excluding hydrogens is 388 g/mol. The van der Waals surface area contributed by atoms with Crippen molar-refractivity contribution in [3.63, 3.8) is 0 Å². The highest BCUT2D eigenvalue weighted by molar-refractivity contribution is 6.93. The predicted molar refractivity (Wildman–Crippen MR) is 136 cm³/mol. The topological polar surface area (TPSA) is 0 Å². The van der Waals surface area contributed by atoms with Crippen LogP contribution in [0.3, 0.4) is 0 Å². The maximum absolute atomic E-state index is 2.51. The molecule has 0 nitrogen and oxygen atoms in total. The molecule has 1 heteroatoms. The summed E-state index contributed by atoms with van der Waals surface area (Å²) in [6.07, 6.45) is 3.50. The van der Waals surface area contributed by atoms with Crippen LogP contribution in [0.25, 0.3) is 11.1 Å². The first-order valence-corrected chi connectivity index (χ1v) is 12.7. The van der Waals surface area contributed by atoms with E-state index in [-0.39, 0.29) is 0 Å². The molecule has 1 aliphatic rings. The van der Waals surface area contributed by atoms with Crippen LogP contribution in [-0.2, 0) is 0 Å². The van der Waals surface area contributed by atoms with Gasteiger partial charge in [0.15, 0.2) is 0 Å². The second-order valence-corrected chi connectivity index (χ2v) is 11.0. The predicted octanol–water partition coefficient (Wildman–Crippen LogP) is 5.82. The largest absolute Gasteiger partial charge is 0.133 e. The lowest BCUT2D eigenvalue weighted by Crippen LogP contribution is -2.44.